The Morgan fingerprint density at radius 3 is 2.54 bits per heavy atom. The topological polar surface area (TPSA) is 47.8 Å². The standard InChI is InChI=1S/C9H15N3O/c1-5-9(13)6(2)12-8(4)10-7(3)11-12/h6H,5H2,1-4H3. The summed E-state index contributed by atoms with van der Waals surface area (Å²) in [5, 5.41) is 4.16. The van der Waals surface area contributed by atoms with E-state index in [0.29, 0.717) is 12.2 Å². The summed E-state index contributed by atoms with van der Waals surface area (Å²) in [6, 6.07) is -0.189. The van der Waals surface area contributed by atoms with Gasteiger partial charge in [0.05, 0.1) is 0 Å². The first-order chi connectivity index (χ1) is 6.06. The van der Waals surface area contributed by atoms with Crippen molar-refractivity contribution in [2.24, 2.45) is 0 Å². The Morgan fingerprint density at radius 2 is 2.15 bits per heavy atom. The van der Waals surface area contributed by atoms with E-state index in [4.69, 9.17) is 0 Å². The van der Waals surface area contributed by atoms with Gasteiger partial charge in [-0.2, -0.15) is 5.10 Å². The molecule has 1 aromatic heterocycles. The summed E-state index contributed by atoms with van der Waals surface area (Å²) in [6.07, 6.45) is 0.541. The molecule has 0 aliphatic rings. The number of Topliss-reactive ketones (excluding diaryl/α,β-unsaturated/α-hetero) is 1. The number of aromatic nitrogens is 3. The number of carbonyl (C=O) groups is 1. The second-order valence-electron chi connectivity index (χ2n) is 3.15. The maximum Gasteiger partial charge on any atom is 0.156 e. The molecule has 0 saturated carbocycles. The Balaban J connectivity index is 2.94. The van der Waals surface area contributed by atoms with Gasteiger partial charge in [0, 0.05) is 6.42 Å². The van der Waals surface area contributed by atoms with E-state index in [1.54, 1.807) is 4.68 Å². The van der Waals surface area contributed by atoms with Crippen molar-refractivity contribution in [1.29, 1.82) is 0 Å². The maximum atomic E-state index is 11.4. The average molecular weight is 181 g/mol. The molecule has 1 rings (SSSR count). The molecule has 1 unspecified atom stereocenters. The van der Waals surface area contributed by atoms with E-state index in [2.05, 4.69) is 10.1 Å². The first-order valence-corrected chi connectivity index (χ1v) is 4.48. The summed E-state index contributed by atoms with van der Waals surface area (Å²) >= 11 is 0. The molecule has 0 bridgehead atoms. The third-order valence-corrected chi connectivity index (χ3v) is 2.09. The number of ketones is 1. The Bertz CT molecular complexity index is 317. The lowest BCUT2D eigenvalue weighted by molar-refractivity contribution is -0.121. The van der Waals surface area contributed by atoms with E-state index >= 15 is 0 Å². The first kappa shape index (κ1) is 9.89. The second kappa shape index (κ2) is 3.68. The molecular weight excluding hydrogens is 166 g/mol. The van der Waals surface area contributed by atoms with Gasteiger partial charge in [-0.3, -0.25) is 4.79 Å². The van der Waals surface area contributed by atoms with Crippen LogP contribution in [0.3, 0.4) is 0 Å². The van der Waals surface area contributed by atoms with Gasteiger partial charge < -0.3 is 0 Å². The predicted octanol–water partition coefficient (Wildman–Crippen LogP) is 1.44. The molecule has 0 spiro atoms. The third kappa shape index (κ3) is 1.94. The minimum absolute atomic E-state index is 0.188. The highest BCUT2D eigenvalue weighted by Crippen LogP contribution is 2.10. The maximum absolute atomic E-state index is 11.4. The number of carbonyl (C=O) groups excluding carboxylic acids is 1. The summed E-state index contributed by atoms with van der Waals surface area (Å²) in [5.74, 6) is 1.70. The fourth-order valence-corrected chi connectivity index (χ4v) is 1.33. The molecule has 0 amide bonds. The van der Waals surface area contributed by atoms with E-state index < -0.39 is 0 Å². The van der Waals surface area contributed by atoms with Crippen LogP contribution in [0.4, 0.5) is 0 Å². The molecule has 0 aromatic carbocycles. The normalized spacial score (nSPS) is 12.9. The SMILES string of the molecule is CCC(=O)C(C)n1nc(C)nc1C. The first-order valence-electron chi connectivity index (χ1n) is 4.48. The van der Waals surface area contributed by atoms with E-state index in [-0.39, 0.29) is 11.8 Å². The Kier molecular flexibility index (Phi) is 2.80. The third-order valence-electron chi connectivity index (χ3n) is 2.09. The van der Waals surface area contributed by atoms with E-state index in [1.807, 2.05) is 27.7 Å². The number of hydrogen-bond acceptors (Lipinski definition) is 3. The molecule has 1 atom stereocenters. The highest BCUT2D eigenvalue weighted by Gasteiger charge is 2.16. The monoisotopic (exact) mass is 181 g/mol. The van der Waals surface area contributed by atoms with Gasteiger partial charge in [0.15, 0.2) is 5.78 Å². The fraction of sp³-hybridized carbons (Fsp3) is 0.667. The average Bonchev–Trinajstić information content (AvgIpc) is 2.42. The Labute approximate surface area is 78.0 Å². The van der Waals surface area contributed by atoms with Crippen LogP contribution in [0.5, 0.6) is 0 Å². The van der Waals surface area contributed by atoms with Crippen LogP contribution >= 0.6 is 0 Å². The van der Waals surface area contributed by atoms with E-state index in [0.717, 1.165) is 5.82 Å². The molecule has 1 aromatic rings. The van der Waals surface area contributed by atoms with Gasteiger partial charge in [-0.1, -0.05) is 6.92 Å². The number of nitrogens with zero attached hydrogens (tertiary/aromatic N) is 3. The summed E-state index contributed by atoms with van der Waals surface area (Å²) in [4.78, 5) is 15.5. The summed E-state index contributed by atoms with van der Waals surface area (Å²) in [5.41, 5.74) is 0. The molecule has 0 aliphatic heterocycles. The molecule has 0 radical (unpaired) electrons. The van der Waals surface area contributed by atoms with Crippen molar-refractivity contribution in [3.8, 4) is 0 Å². The van der Waals surface area contributed by atoms with Gasteiger partial charge in [0.25, 0.3) is 0 Å². The van der Waals surface area contributed by atoms with E-state index in [9.17, 15) is 4.79 Å². The molecule has 4 heteroatoms. The smallest absolute Gasteiger partial charge is 0.156 e. The molecule has 0 fully saturated rings. The zero-order valence-corrected chi connectivity index (χ0v) is 8.53. The van der Waals surface area contributed by atoms with Crippen molar-refractivity contribution in [1.82, 2.24) is 14.8 Å². The molecule has 4 nitrogen and oxygen atoms in total. The zero-order chi connectivity index (χ0) is 10.0. The highest BCUT2D eigenvalue weighted by molar-refractivity contribution is 5.81. The molecule has 72 valence electrons. The highest BCUT2D eigenvalue weighted by atomic mass is 16.1. The van der Waals surface area contributed by atoms with Gasteiger partial charge in [0.2, 0.25) is 0 Å². The molecule has 13 heavy (non-hydrogen) atoms. The van der Waals surface area contributed by atoms with Crippen LogP contribution in [0.1, 0.15) is 38.0 Å². The zero-order valence-electron chi connectivity index (χ0n) is 8.53. The molecule has 0 saturated heterocycles. The van der Waals surface area contributed by atoms with Gasteiger partial charge in [-0.05, 0) is 20.8 Å². The van der Waals surface area contributed by atoms with Crippen molar-refractivity contribution >= 4 is 5.78 Å². The van der Waals surface area contributed by atoms with Crippen LogP contribution < -0.4 is 0 Å². The van der Waals surface area contributed by atoms with Crippen LogP contribution in [0.25, 0.3) is 0 Å². The quantitative estimate of drug-likeness (QED) is 0.708. The van der Waals surface area contributed by atoms with Gasteiger partial charge in [0.1, 0.15) is 17.7 Å². The van der Waals surface area contributed by atoms with Crippen molar-refractivity contribution in [3.63, 3.8) is 0 Å². The second-order valence-corrected chi connectivity index (χ2v) is 3.15. The number of rotatable bonds is 3. The van der Waals surface area contributed by atoms with Crippen molar-refractivity contribution in [3.05, 3.63) is 11.6 Å². The Morgan fingerprint density at radius 1 is 1.54 bits per heavy atom. The molecular formula is C9H15N3O. The minimum atomic E-state index is -0.189. The van der Waals surface area contributed by atoms with Crippen LogP contribution in [0.2, 0.25) is 0 Å². The van der Waals surface area contributed by atoms with Crippen LogP contribution in [0, 0.1) is 13.8 Å². The van der Waals surface area contributed by atoms with Gasteiger partial charge >= 0.3 is 0 Å². The molecule has 1 heterocycles. The summed E-state index contributed by atoms with van der Waals surface area (Å²) in [6.45, 7) is 7.40. The number of hydrogen-bond donors (Lipinski definition) is 0. The predicted molar refractivity (Wildman–Crippen MR) is 49.5 cm³/mol. The van der Waals surface area contributed by atoms with Gasteiger partial charge in [-0.25, -0.2) is 9.67 Å². The van der Waals surface area contributed by atoms with Crippen LogP contribution in [0.15, 0.2) is 0 Å². The van der Waals surface area contributed by atoms with Crippen molar-refractivity contribution in [2.75, 3.05) is 0 Å². The van der Waals surface area contributed by atoms with E-state index in [1.165, 1.54) is 0 Å². The van der Waals surface area contributed by atoms with Crippen molar-refractivity contribution < 1.29 is 4.79 Å². The fourth-order valence-electron chi connectivity index (χ4n) is 1.33. The minimum Gasteiger partial charge on any atom is -0.297 e. The lowest BCUT2D eigenvalue weighted by Gasteiger charge is -2.10. The number of aryl methyl sites for hydroxylation is 2. The Hall–Kier alpha value is -1.19. The van der Waals surface area contributed by atoms with Crippen molar-refractivity contribution in [2.45, 2.75) is 40.2 Å². The molecule has 0 aliphatic carbocycles. The largest absolute Gasteiger partial charge is 0.297 e. The van der Waals surface area contributed by atoms with Crippen LogP contribution in [-0.4, -0.2) is 20.5 Å². The summed E-state index contributed by atoms with van der Waals surface area (Å²) < 4.78 is 1.68. The van der Waals surface area contributed by atoms with Crippen LogP contribution in [-0.2, 0) is 4.79 Å². The summed E-state index contributed by atoms with van der Waals surface area (Å²) in [7, 11) is 0. The van der Waals surface area contributed by atoms with Gasteiger partial charge in [-0.15, -0.1) is 0 Å². The lowest BCUT2D eigenvalue weighted by atomic mass is 10.2. The molecule has 0 N–H and O–H groups in total. The lowest BCUT2D eigenvalue weighted by Crippen LogP contribution is -2.18.